The van der Waals surface area contributed by atoms with Crippen molar-refractivity contribution in [2.45, 2.75) is 19.4 Å². The third-order valence-corrected chi connectivity index (χ3v) is 4.17. The molecular weight excluding hydrogens is 264 g/mol. The first-order valence-corrected chi connectivity index (χ1v) is 7.44. The van der Waals surface area contributed by atoms with Gasteiger partial charge in [0.2, 0.25) is 5.95 Å². The molecule has 1 unspecified atom stereocenters. The van der Waals surface area contributed by atoms with Crippen molar-refractivity contribution in [2.75, 3.05) is 31.6 Å². The molecule has 2 aromatic heterocycles. The van der Waals surface area contributed by atoms with E-state index in [1.54, 1.807) is 4.68 Å². The molecule has 0 saturated carbocycles. The van der Waals surface area contributed by atoms with Crippen LogP contribution in [-0.2, 0) is 7.05 Å². The summed E-state index contributed by atoms with van der Waals surface area (Å²) in [5.74, 6) is 0.822. The Kier molecular flexibility index (Phi) is 3.88. The molecule has 3 rings (SSSR count). The minimum atomic E-state index is 0.574. The van der Waals surface area contributed by atoms with Crippen LogP contribution >= 0.6 is 0 Å². The fraction of sp³-hybridized carbons (Fsp3) is 0.533. The zero-order valence-corrected chi connectivity index (χ0v) is 12.9. The van der Waals surface area contributed by atoms with Crippen LogP contribution in [0.25, 0.3) is 11.3 Å². The highest BCUT2D eigenvalue weighted by Gasteiger charge is 2.24. The summed E-state index contributed by atoms with van der Waals surface area (Å²) in [6.45, 7) is 5.25. The number of hydrogen-bond acceptors (Lipinski definition) is 5. The fourth-order valence-electron chi connectivity index (χ4n) is 2.78. The number of likely N-dealkylation sites (N-methyl/N-ethyl adjacent to an activating group) is 1. The first kappa shape index (κ1) is 14.0. The second-order valence-electron chi connectivity index (χ2n) is 5.63. The van der Waals surface area contributed by atoms with E-state index in [0.717, 1.165) is 43.3 Å². The predicted octanol–water partition coefficient (Wildman–Crippen LogP) is 1.41. The number of piperazine rings is 1. The molecule has 1 atom stereocenters. The molecular formula is C15H22N6. The van der Waals surface area contributed by atoms with E-state index in [9.17, 15) is 0 Å². The maximum Gasteiger partial charge on any atom is 0.225 e. The molecule has 0 N–H and O–H groups in total. The van der Waals surface area contributed by atoms with Gasteiger partial charge in [0.05, 0.1) is 11.9 Å². The number of anilines is 1. The molecule has 2 aromatic rings. The minimum absolute atomic E-state index is 0.574. The monoisotopic (exact) mass is 286 g/mol. The van der Waals surface area contributed by atoms with E-state index in [1.165, 1.54) is 0 Å². The van der Waals surface area contributed by atoms with Crippen molar-refractivity contribution in [3.63, 3.8) is 0 Å². The SMILES string of the molecule is CCC1CN(c2nccc(-c3cnn(C)c3)n2)CCN1C. The molecule has 21 heavy (non-hydrogen) atoms. The average molecular weight is 286 g/mol. The van der Waals surface area contributed by atoms with Gasteiger partial charge in [0.1, 0.15) is 0 Å². The molecule has 0 radical (unpaired) electrons. The first-order valence-electron chi connectivity index (χ1n) is 7.44. The largest absolute Gasteiger partial charge is 0.338 e. The van der Waals surface area contributed by atoms with Crippen molar-refractivity contribution in [2.24, 2.45) is 7.05 Å². The van der Waals surface area contributed by atoms with Gasteiger partial charge in [0.25, 0.3) is 0 Å². The van der Waals surface area contributed by atoms with Gasteiger partial charge in [0, 0.05) is 50.7 Å². The Morgan fingerprint density at radius 2 is 2.14 bits per heavy atom. The Morgan fingerprint density at radius 3 is 2.86 bits per heavy atom. The van der Waals surface area contributed by atoms with E-state index in [4.69, 9.17) is 4.98 Å². The summed E-state index contributed by atoms with van der Waals surface area (Å²) in [6.07, 6.45) is 6.80. The summed E-state index contributed by atoms with van der Waals surface area (Å²) in [5, 5.41) is 4.21. The normalized spacial score (nSPS) is 20.0. The van der Waals surface area contributed by atoms with Gasteiger partial charge in [-0.15, -0.1) is 0 Å². The lowest BCUT2D eigenvalue weighted by atomic mass is 10.1. The highest BCUT2D eigenvalue weighted by atomic mass is 15.3. The molecule has 0 amide bonds. The van der Waals surface area contributed by atoms with Crippen LogP contribution in [0.4, 0.5) is 5.95 Å². The summed E-state index contributed by atoms with van der Waals surface area (Å²) >= 11 is 0. The minimum Gasteiger partial charge on any atom is -0.338 e. The standard InChI is InChI=1S/C15H22N6/c1-4-13-11-21(8-7-19(13)2)15-16-6-5-14(18-15)12-9-17-20(3)10-12/h5-6,9-10,13H,4,7-8,11H2,1-3H3. The molecule has 1 fully saturated rings. The lowest BCUT2D eigenvalue weighted by molar-refractivity contribution is 0.212. The topological polar surface area (TPSA) is 50.1 Å². The van der Waals surface area contributed by atoms with Gasteiger partial charge in [0.15, 0.2) is 0 Å². The van der Waals surface area contributed by atoms with Crippen LogP contribution in [0.2, 0.25) is 0 Å². The second-order valence-corrected chi connectivity index (χ2v) is 5.63. The van der Waals surface area contributed by atoms with Gasteiger partial charge < -0.3 is 4.90 Å². The summed E-state index contributed by atoms with van der Waals surface area (Å²) < 4.78 is 1.79. The highest BCUT2D eigenvalue weighted by molar-refractivity contribution is 5.58. The lowest BCUT2D eigenvalue weighted by Gasteiger charge is -2.39. The van der Waals surface area contributed by atoms with Crippen LogP contribution in [0.15, 0.2) is 24.7 Å². The zero-order chi connectivity index (χ0) is 14.8. The number of hydrogen-bond donors (Lipinski definition) is 0. The molecule has 6 nitrogen and oxygen atoms in total. The number of nitrogens with zero attached hydrogens (tertiary/aromatic N) is 6. The molecule has 1 aliphatic heterocycles. The summed E-state index contributed by atoms with van der Waals surface area (Å²) in [6, 6.07) is 2.51. The number of aryl methyl sites for hydroxylation is 1. The zero-order valence-electron chi connectivity index (χ0n) is 12.9. The van der Waals surface area contributed by atoms with E-state index in [0.29, 0.717) is 6.04 Å². The molecule has 3 heterocycles. The lowest BCUT2D eigenvalue weighted by Crippen LogP contribution is -2.51. The van der Waals surface area contributed by atoms with Crippen molar-refractivity contribution in [3.05, 3.63) is 24.7 Å². The van der Waals surface area contributed by atoms with Crippen LogP contribution in [0.3, 0.4) is 0 Å². The van der Waals surface area contributed by atoms with Crippen molar-refractivity contribution < 1.29 is 0 Å². The van der Waals surface area contributed by atoms with Crippen molar-refractivity contribution in [1.29, 1.82) is 0 Å². The molecule has 112 valence electrons. The molecule has 0 aliphatic carbocycles. The van der Waals surface area contributed by atoms with Crippen molar-refractivity contribution in [3.8, 4) is 11.3 Å². The van der Waals surface area contributed by atoms with Gasteiger partial charge in [-0.2, -0.15) is 5.10 Å². The van der Waals surface area contributed by atoms with Crippen LogP contribution < -0.4 is 4.90 Å². The van der Waals surface area contributed by atoms with E-state index in [1.807, 2.05) is 31.7 Å². The van der Waals surface area contributed by atoms with Crippen LogP contribution in [0, 0.1) is 0 Å². The van der Waals surface area contributed by atoms with Crippen molar-refractivity contribution >= 4 is 5.95 Å². The molecule has 1 aliphatic rings. The first-order chi connectivity index (χ1) is 10.2. The predicted molar refractivity (Wildman–Crippen MR) is 83.2 cm³/mol. The smallest absolute Gasteiger partial charge is 0.225 e. The molecule has 6 heteroatoms. The van der Waals surface area contributed by atoms with E-state index >= 15 is 0 Å². The van der Waals surface area contributed by atoms with Crippen LogP contribution in [0.5, 0.6) is 0 Å². The van der Waals surface area contributed by atoms with Gasteiger partial charge >= 0.3 is 0 Å². The van der Waals surface area contributed by atoms with Crippen LogP contribution in [0.1, 0.15) is 13.3 Å². The maximum atomic E-state index is 4.72. The fourth-order valence-corrected chi connectivity index (χ4v) is 2.78. The van der Waals surface area contributed by atoms with Gasteiger partial charge in [-0.1, -0.05) is 6.92 Å². The summed E-state index contributed by atoms with van der Waals surface area (Å²) in [5.41, 5.74) is 1.96. The Hall–Kier alpha value is -1.95. The molecule has 1 saturated heterocycles. The van der Waals surface area contributed by atoms with E-state index in [2.05, 4.69) is 33.9 Å². The number of rotatable bonds is 3. The van der Waals surface area contributed by atoms with Crippen LogP contribution in [-0.4, -0.2) is 57.4 Å². The Labute approximate surface area is 125 Å². The van der Waals surface area contributed by atoms with Gasteiger partial charge in [-0.3, -0.25) is 9.58 Å². The Bertz CT molecular complexity index is 608. The van der Waals surface area contributed by atoms with E-state index in [-0.39, 0.29) is 0 Å². The quantitative estimate of drug-likeness (QED) is 0.854. The third kappa shape index (κ3) is 2.90. The summed E-state index contributed by atoms with van der Waals surface area (Å²) in [7, 11) is 4.11. The second kappa shape index (κ2) is 5.81. The maximum absolute atomic E-state index is 4.72. The average Bonchev–Trinajstić information content (AvgIpc) is 2.94. The van der Waals surface area contributed by atoms with Gasteiger partial charge in [-0.05, 0) is 19.5 Å². The molecule has 0 aromatic carbocycles. The highest BCUT2D eigenvalue weighted by Crippen LogP contribution is 2.20. The van der Waals surface area contributed by atoms with Gasteiger partial charge in [-0.25, -0.2) is 9.97 Å². The van der Waals surface area contributed by atoms with Crippen molar-refractivity contribution in [1.82, 2.24) is 24.6 Å². The molecule has 0 bridgehead atoms. The van der Waals surface area contributed by atoms with E-state index < -0.39 is 0 Å². The summed E-state index contributed by atoms with van der Waals surface area (Å²) in [4.78, 5) is 13.9. The third-order valence-electron chi connectivity index (χ3n) is 4.17. The number of aromatic nitrogens is 4. The molecule has 0 spiro atoms. The Balaban J connectivity index is 1.83. The Morgan fingerprint density at radius 1 is 1.29 bits per heavy atom.